The predicted octanol–water partition coefficient (Wildman–Crippen LogP) is 6.58. The first-order chi connectivity index (χ1) is 26.0. The number of ether oxygens (including phenoxy) is 3. The summed E-state index contributed by atoms with van der Waals surface area (Å²) in [5, 5.41) is 4.33. The van der Waals surface area contributed by atoms with E-state index < -0.39 is 21.7 Å². The van der Waals surface area contributed by atoms with Crippen LogP contribution in [0.25, 0.3) is 0 Å². The number of hydrogen-bond donors (Lipinski definition) is 1. The highest BCUT2D eigenvalue weighted by Gasteiger charge is 2.44. The van der Waals surface area contributed by atoms with Crippen molar-refractivity contribution < 1.29 is 28.0 Å². The molecule has 288 valence electrons. The van der Waals surface area contributed by atoms with Crippen molar-refractivity contribution in [2.75, 3.05) is 44.1 Å². The Balaban J connectivity index is 1.17. The molecule has 2 fully saturated rings. The second-order valence-electron chi connectivity index (χ2n) is 16.5. The van der Waals surface area contributed by atoms with Crippen LogP contribution in [0.5, 0.6) is 11.6 Å². The highest BCUT2D eigenvalue weighted by molar-refractivity contribution is 7.92. The minimum atomic E-state index is -3.59. The average Bonchev–Trinajstić information content (AvgIpc) is 3.90. The van der Waals surface area contributed by atoms with Crippen LogP contribution >= 0.6 is 0 Å². The van der Waals surface area contributed by atoms with Crippen molar-refractivity contribution in [3.05, 3.63) is 82.6 Å². The molecule has 0 radical (unpaired) electrons. The minimum Gasteiger partial charge on any atom is -0.490 e. The molecule has 6 atom stereocenters. The van der Waals surface area contributed by atoms with Gasteiger partial charge in [0.05, 0.1) is 30.8 Å². The van der Waals surface area contributed by atoms with E-state index in [2.05, 4.69) is 56.4 Å². The van der Waals surface area contributed by atoms with Crippen LogP contribution in [-0.4, -0.2) is 71.1 Å². The van der Waals surface area contributed by atoms with Crippen molar-refractivity contribution in [3.63, 3.8) is 0 Å². The third-order valence-electron chi connectivity index (χ3n) is 12.2. The number of carbonyl (C=O) groups is 2. The summed E-state index contributed by atoms with van der Waals surface area (Å²) in [7, 11) is -0.115. The van der Waals surface area contributed by atoms with Gasteiger partial charge in [-0.2, -0.15) is 0 Å². The zero-order chi connectivity index (χ0) is 37.6. The largest absolute Gasteiger partial charge is 0.490 e. The third-order valence-corrected chi connectivity index (χ3v) is 14.1. The predicted molar refractivity (Wildman–Crippen MR) is 209 cm³/mol. The van der Waals surface area contributed by atoms with Crippen molar-refractivity contribution in [2.45, 2.75) is 76.7 Å². The lowest BCUT2D eigenvalue weighted by Crippen LogP contribution is -2.49. The van der Waals surface area contributed by atoms with E-state index in [9.17, 15) is 13.8 Å². The van der Waals surface area contributed by atoms with Gasteiger partial charge in [-0.1, -0.05) is 42.8 Å². The number of allylic oxidation sites excluding steroid dienone is 1. The average molecular weight is 756 g/mol. The molecule has 54 heavy (non-hydrogen) atoms. The molecule has 2 aliphatic heterocycles. The maximum Gasteiger partial charge on any atom is 0.286 e. The van der Waals surface area contributed by atoms with Crippen molar-refractivity contribution in [1.82, 2.24) is 14.5 Å². The van der Waals surface area contributed by atoms with E-state index in [0.717, 1.165) is 69.5 Å². The number of amides is 2. The molecule has 5 aliphatic rings. The lowest BCUT2D eigenvalue weighted by Gasteiger charge is -2.46. The van der Waals surface area contributed by atoms with Crippen LogP contribution in [-0.2, 0) is 33.5 Å². The number of anilines is 1. The van der Waals surface area contributed by atoms with Gasteiger partial charge in [-0.15, -0.1) is 9.46 Å². The van der Waals surface area contributed by atoms with E-state index in [1.807, 2.05) is 19.1 Å². The molecule has 2 saturated carbocycles. The molecule has 12 heteroatoms. The fourth-order valence-electron chi connectivity index (χ4n) is 8.94. The van der Waals surface area contributed by atoms with E-state index in [1.54, 1.807) is 26.4 Å². The van der Waals surface area contributed by atoms with E-state index in [1.165, 1.54) is 21.4 Å². The quantitative estimate of drug-likeness (QED) is 0.280. The number of nitrogens with zero attached hydrogens (tertiary/aromatic N) is 4. The number of aromatic nitrogens is 2. The topological polar surface area (TPSA) is 124 Å². The summed E-state index contributed by atoms with van der Waals surface area (Å²) in [6.45, 7) is 6.67. The molecule has 3 aromatic rings. The Morgan fingerprint density at radius 2 is 2.00 bits per heavy atom. The number of hydrogen-bond acceptors (Lipinski definition) is 8. The van der Waals surface area contributed by atoms with Gasteiger partial charge >= 0.3 is 0 Å². The van der Waals surface area contributed by atoms with Crippen LogP contribution < -0.4 is 19.1 Å². The van der Waals surface area contributed by atoms with Crippen LogP contribution in [0.1, 0.15) is 89.3 Å². The molecule has 3 aliphatic carbocycles. The molecule has 0 saturated heterocycles. The molecular weight excluding hydrogens is 703 g/mol. The molecule has 1 unspecified atom stereocenters. The first kappa shape index (κ1) is 36.8. The van der Waals surface area contributed by atoms with E-state index >= 15 is 0 Å². The van der Waals surface area contributed by atoms with Gasteiger partial charge < -0.3 is 19.1 Å². The zero-order valence-corrected chi connectivity index (χ0v) is 32.7. The molecule has 2 amide bonds. The Morgan fingerprint density at radius 1 is 1.15 bits per heavy atom. The minimum absolute atomic E-state index is 0.0152. The molecule has 2 bridgehead atoms. The molecule has 11 nitrogen and oxygen atoms in total. The van der Waals surface area contributed by atoms with Crippen LogP contribution in [0.2, 0.25) is 0 Å². The SMILES string of the molecule is CO[C@H]1/C=C/C[C@H](C)CS(=O)(NC(=O)c2cn(C)nc2OCC2CC2)=NC(=O)c2ccc3c(c2)N(C[C@@H]2CC[C@H]21)C[C@@]1(CCCc2cc(C)ccc21)CO3. The number of nitrogens with one attached hydrogen (secondary N) is 1. The maximum atomic E-state index is 14.8. The summed E-state index contributed by atoms with van der Waals surface area (Å²) < 4.78 is 42.0. The molecule has 8 rings (SSSR count). The Labute approximate surface area is 319 Å². The van der Waals surface area contributed by atoms with Crippen LogP contribution in [0.3, 0.4) is 0 Å². The summed E-state index contributed by atoms with van der Waals surface area (Å²) in [6.07, 6.45) is 13.8. The smallest absolute Gasteiger partial charge is 0.286 e. The second kappa shape index (κ2) is 14.8. The van der Waals surface area contributed by atoms with Crippen molar-refractivity contribution in [1.29, 1.82) is 0 Å². The number of rotatable bonds is 6. The fourth-order valence-corrected chi connectivity index (χ4v) is 10.8. The van der Waals surface area contributed by atoms with Crippen molar-refractivity contribution in [2.24, 2.45) is 35.1 Å². The normalized spacial score (nSPS) is 30.1. The molecular formula is C42H53N5O6S. The van der Waals surface area contributed by atoms with Gasteiger partial charge in [-0.3, -0.25) is 19.0 Å². The van der Waals surface area contributed by atoms with Gasteiger partial charge in [0.2, 0.25) is 5.88 Å². The first-order valence-electron chi connectivity index (χ1n) is 19.6. The first-order valence-corrected chi connectivity index (χ1v) is 21.3. The summed E-state index contributed by atoms with van der Waals surface area (Å²) in [5.74, 6) is 0.639. The Morgan fingerprint density at radius 3 is 2.78 bits per heavy atom. The third kappa shape index (κ3) is 7.56. The van der Waals surface area contributed by atoms with Gasteiger partial charge in [0.25, 0.3) is 11.8 Å². The van der Waals surface area contributed by atoms with Gasteiger partial charge in [0, 0.05) is 44.4 Å². The second-order valence-corrected chi connectivity index (χ2v) is 18.5. The Bertz CT molecular complexity index is 2080. The Hall–Kier alpha value is -4.16. The number of aryl methyl sites for hydroxylation is 3. The van der Waals surface area contributed by atoms with Crippen molar-refractivity contribution in [3.8, 4) is 11.6 Å². The summed E-state index contributed by atoms with van der Waals surface area (Å²) in [5.41, 5.74) is 5.10. The van der Waals surface area contributed by atoms with E-state index in [4.69, 9.17) is 14.2 Å². The number of benzene rings is 2. The molecule has 2 aromatic carbocycles. The summed E-state index contributed by atoms with van der Waals surface area (Å²) in [6, 6.07) is 12.2. The lowest BCUT2D eigenvalue weighted by atomic mass is 9.68. The highest BCUT2D eigenvalue weighted by Crippen LogP contribution is 2.47. The number of methoxy groups -OCH3 is 1. The van der Waals surface area contributed by atoms with E-state index in [-0.39, 0.29) is 34.6 Å². The van der Waals surface area contributed by atoms with Crippen LogP contribution in [0, 0.1) is 30.6 Å². The molecule has 1 N–H and O–H groups in total. The highest BCUT2D eigenvalue weighted by atomic mass is 32.2. The van der Waals surface area contributed by atoms with Gasteiger partial charge in [0.15, 0.2) is 0 Å². The Kier molecular flexibility index (Phi) is 10.1. The molecule has 1 spiro atoms. The molecule has 1 aromatic heterocycles. The van der Waals surface area contributed by atoms with Gasteiger partial charge in [-0.25, -0.2) is 4.21 Å². The van der Waals surface area contributed by atoms with E-state index in [0.29, 0.717) is 43.0 Å². The maximum absolute atomic E-state index is 14.8. The number of carbonyl (C=O) groups excluding carboxylic acids is 2. The van der Waals surface area contributed by atoms with Crippen LogP contribution in [0.4, 0.5) is 5.69 Å². The van der Waals surface area contributed by atoms with Gasteiger partial charge in [0.1, 0.15) is 21.2 Å². The monoisotopic (exact) mass is 755 g/mol. The molecule has 3 heterocycles. The lowest BCUT2D eigenvalue weighted by molar-refractivity contribution is 0.0131. The number of fused-ring (bicyclic) bond motifs is 4. The van der Waals surface area contributed by atoms with Crippen LogP contribution in [0.15, 0.2) is 59.1 Å². The fraction of sp³-hybridized carbons (Fsp3) is 0.548. The van der Waals surface area contributed by atoms with Crippen molar-refractivity contribution >= 4 is 27.4 Å². The summed E-state index contributed by atoms with van der Waals surface area (Å²) in [4.78, 5) is 30.4. The standard InChI is InChI=1S/C42H53N5O6S/c1-27-10-16-35-30(19-27)8-6-18-42(35)25-47-21-32-13-15-33(32)37(51-4)9-5-7-28(2)24-54(50,44-39(48)31-14-17-38(53-26-42)36(47)20-31)45-40(49)34-22-46(3)43-41(34)52-23-29-11-12-29/h5,9-10,14,16-17,19-20,22,28-29,32-33,37H,6-8,11-13,15,18,21,23-26H2,1-4H3,(H,44,45,48,49,50)/b9-5+/t28-,32-,33+,37-,42-,54?/m0/s1. The zero-order valence-electron chi connectivity index (χ0n) is 31.9. The van der Waals surface area contributed by atoms with Gasteiger partial charge in [-0.05, 0) is 111 Å². The summed E-state index contributed by atoms with van der Waals surface area (Å²) >= 11 is 0.